The van der Waals surface area contributed by atoms with Gasteiger partial charge < -0.3 is 4.90 Å². The van der Waals surface area contributed by atoms with Gasteiger partial charge in [-0.3, -0.25) is 9.69 Å². The number of Topliss-reactive ketones (excluding diaryl/α,β-unsaturated/α-hetero) is 1. The van der Waals surface area contributed by atoms with Crippen LogP contribution >= 0.6 is 0 Å². The lowest BCUT2D eigenvalue weighted by Gasteiger charge is -2.36. The van der Waals surface area contributed by atoms with Crippen LogP contribution in [0.2, 0.25) is 0 Å². The third kappa shape index (κ3) is 4.25. The first-order valence-corrected chi connectivity index (χ1v) is 10.3. The Morgan fingerprint density at radius 1 is 0.931 bits per heavy atom. The summed E-state index contributed by atoms with van der Waals surface area (Å²) in [6.07, 6.45) is 2.24. The highest BCUT2D eigenvalue weighted by atomic mass is 16.1. The molecule has 4 rings (SSSR count). The van der Waals surface area contributed by atoms with Gasteiger partial charge in [0.1, 0.15) is 0 Å². The summed E-state index contributed by atoms with van der Waals surface area (Å²) >= 11 is 0. The zero-order valence-corrected chi connectivity index (χ0v) is 17.2. The number of aromatic nitrogens is 2. The number of nitrogens with zero attached hydrogens (tertiary/aromatic N) is 4. The van der Waals surface area contributed by atoms with Gasteiger partial charge in [0.15, 0.2) is 5.78 Å². The highest BCUT2D eigenvalue weighted by Gasteiger charge is 2.20. The molecule has 2 aromatic carbocycles. The Morgan fingerprint density at radius 2 is 1.62 bits per heavy atom. The molecular formula is C24H28N4O. The minimum absolute atomic E-state index is 0.172. The number of hydrogen-bond donors (Lipinski definition) is 0. The van der Waals surface area contributed by atoms with Gasteiger partial charge in [-0.25, -0.2) is 4.68 Å². The molecule has 0 spiro atoms. The van der Waals surface area contributed by atoms with Crippen molar-refractivity contribution in [2.24, 2.45) is 0 Å². The molecule has 0 atom stereocenters. The molecule has 0 amide bonds. The number of carbonyl (C=O) groups excluding carboxylic acids is 1. The van der Waals surface area contributed by atoms with Crippen molar-refractivity contribution in [3.63, 3.8) is 0 Å². The second kappa shape index (κ2) is 8.62. The summed E-state index contributed by atoms with van der Waals surface area (Å²) in [6, 6.07) is 18.5. The molecule has 5 heteroatoms. The molecule has 0 aliphatic carbocycles. The first-order chi connectivity index (χ1) is 14.1. The molecule has 0 bridgehead atoms. The fraction of sp³-hybridized carbons (Fsp3) is 0.333. The molecule has 0 unspecified atom stereocenters. The van der Waals surface area contributed by atoms with E-state index in [9.17, 15) is 4.79 Å². The molecule has 1 saturated heterocycles. The number of benzene rings is 2. The van der Waals surface area contributed by atoms with Crippen molar-refractivity contribution in [1.82, 2.24) is 14.7 Å². The van der Waals surface area contributed by atoms with Gasteiger partial charge in [-0.05, 0) is 37.6 Å². The number of aryl methyl sites for hydroxylation is 1. The lowest BCUT2D eigenvalue weighted by molar-refractivity contribution is 0.0962. The Balaban J connectivity index is 1.32. The van der Waals surface area contributed by atoms with Gasteiger partial charge in [0, 0.05) is 44.8 Å². The minimum atomic E-state index is 0.172. The first kappa shape index (κ1) is 19.4. The van der Waals surface area contributed by atoms with Gasteiger partial charge in [0.25, 0.3) is 0 Å². The van der Waals surface area contributed by atoms with E-state index < -0.39 is 0 Å². The summed E-state index contributed by atoms with van der Waals surface area (Å²) in [5.41, 5.74) is 5.27. The normalized spacial score (nSPS) is 14.9. The van der Waals surface area contributed by atoms with E-state index >= 15 is 0 Å². The van der Waals surface area contributed by atoms with Gasteiger partial charge in [-0.1, -0.05) is 36.4 Å². The second-order valence-corrected chi connectivity index (χ2v) is 7.68. The van der Waals surface area contributed by atoms with Crippen molar-refractivity contribution in [2.75, 3.05) is 37.6 Å². The maximum Gasteiger partial charge on any atom is 0.167 e. The van der Waals surface area contributed by atoms with Crippen LogP contribution in [0.3, 0.4) is 0 Å². The van der Waals surface area contributed by atoms with Crippen molar-refractivity contribution in [2.45, 2.75) is 20.3 Å². The van der Waals surface area contributed by atoms with Crippen LogP contribution in [0, 0.1) is 13.8 Å². The third-order valence-corrected chi connectivity index (χ3v) is 5.79. The number of piperazine rings is 1. The highest BCUT2D eigenvalue weighted by Crippen LogP contribution is 2.21. The largest absolute Gasteiger partial charge is 0.369 e. The Hall–Kier alpha value is -2.92. The van der Waals surface area contributed by atoms with E-state index in [1.807, 2.05) is 41.9 Å². The maximum absolute atomic E-state index is 12.8. The van der Waals surface area contributed by atoms with Gasteiger partial charge >= 0.3 is 0 Å². The quantitative estimate of drug-likeness (QED) is 0.601. The Bertz CT molecular complexity index is 972. The number of anilines is 1. The number of rotatable bonds is 6. The molecule has 2 heterocycles. The smallest absolute Gasteiger partial charge is 0.167 e. The van der Waals surface area contributed by atoms with Gasteiger partial charge in [-0.15, -0.1) is 0 Å². The van der Waals surface area contributed by atoms with Crippen LogP contribution in [0.15, 0.2) is 60.8 Å². The molecule has 0 saturated carbocycles. The van der Waals surface area contributed by atoms with E-state index in [1.165, 1.54) is 11.3 Å². The predicted molar refractivity (Wildman–Crippen MR) is 117 cm³/mol. The molecule has 1 aliphatic heterocycles. The summed E-state index contributed by atoms with van der Waals surface area (Å²) in [7, 11) is 0. The fourth-order valence-electron chi connectivity index (χ4n) is 4.04. The van der Waals surface area contributed by atoms with Crippen LogP contribution in [0.4, 0.5) is 5.69 Å². The van der Waals surface area contributed by atoms with Crippen LogP contribution in [-0.4, -0.2) is 53.2 Å². The van der Waals surface area contributed by atoms with Crippen LogP contribution in [0.25, 0.3) is 5.69 Å². The van der Waals surface area contributed by atoms with E-state index in [-0.39, 0.29) is 5.78 Å². The van der Waals surface area contributed by atoms with E-state index in [0.717, 1.165) is 49.7 Å². The van der Waals surface area contributed by atoms with Crippen LogP contribution in [0.1, 0.15) is 28.0 Å². The van der Waals surface area contributed by atoms with E-state index in [4.69, 9.17) is 0 Å². The van der Waals surface area contributed by atoms with Crippen molar-refractivity contribution in [3.8, 4) is 5.69 Å². The standard InChI is InChI=1S/C24H28N4O/c1-19-8-6-7-11-23(19)27-16-14-26(15-17-27)13-12-24(29)22-18-25-28(20(22)2)21-9-4-3-5-10-21/h3-11,18H,12-17H2,1-2H3. The molecule has 29 heavy (non-hydrogen) atoms. The summed E-state index contributed by atoms with van der Waals surface area (Å²) in [4.78, 5) is 17.6. The number of para-hydroxylation sites is 2. The first-order valence-electron chi connectivity index (χ1n) is 10.3. The summed E-state index contributed by atoms with van der Waals surface area (Å²) in [6.45, 7) is 8.92. The number of hydrogen-bond acceptors (Lipinski definition) is 4. The molecule has 1 aromatic heterocycles. The lowest BCUT2D eigenvalue weighted by Crippen LogP contribution is -2.47. The molecule has 150 valence electrons. The highest BCUT2D eigenvalue weighted by molar-refractivity contribution is 5.97. The molecule has 0 radical (unpaired) electrons. The molecular weight excluding hydrogens is 360 g/mol. The summed E-state index contributed by atoms with van der Waals surface area (Å²) < 4.78 is 1.84. The Kier molecular flexibility index (Phi) is 5.76. The van der Waals surface area contributed by atoms with Crippen LogP contribution < -0.4 is 4.90 Å². The topological polar surface area (TPSA) is 41.4 Å². The predicted octanol–water partition coefficient (Wildman–Crippen LogP) is 3.88. The Morgan fingerprint density at radius 3 is 2.34 bits per heavy atom. The zero-order valence-electron chi connectivity index (χ0n) is 17.2. The summed E-state index contributed by atoms with van der Waals surface area (Å²) in [5.74, 6) is 0.172. The minimum Gasteiger partial charge on any atom is -0.369 e. The third-order valence-electron chi connectivity index (χ3n) is 5.79. The van der Waals surface area contributed by atoms with E-state index in [1.54, 1.807) is 6.20 Å². The number of ketones is 1. The SMILES string of the molecule is Cc1ccccc1N1CCN(CCC(=O)c2cnn(-c3ccccc3)c2C)CC1. The fourth-order valence-corrected chi connectivity index (χ4v) is 4.04. The molecule has 3 aromatic rings. The van der Waals surface area contributed by atoms with Crippen molar-refractivity contribution >= 4 is 11.5 Å². The van der Waals surface area contributed by atoms with Gasteiger partial charge in [0.05, 0.1) is 23.1 Å². The monoisotopic (exact) mass is 388 g/mol. The zero-order chi connectivity index (χ0) is 20.2. The van der Waals surface area contributed by atoms with Crippen molar-refractivity contribution < 1.29 is 4.79 Å². The van der Waals surface area contributed by atoms with Gasteiger partial charge in [-0.2, -0.15) is 5.10 Å². The van der Waals surface area contributed by atoms with E-state index in [0.29, 0.717) is 6.42 Å². The number of carbonyl (C=O) groups is 1. The maximum atomic E-state index is 12.8. The van der Waals surface area contributed by atoms with Crippen LogP contribution in [-0.2, 0) is 0 Å². The van der Waals surface area contributed by atoms with Crippen LogP contribution in [0.5, 0.6) is 0 Å². The lowest BCUT2D eigenvalue weighted by atomic mass is 10.1. The average molecular weight is 389 g/mol. The van der Waals surface area contributed by atoms with Gasteiger partial charge in [0.2, 0.25) is 0 Å². The Labute approximate surface area is 172 Å². The molecule has 1 aliphatic rings. The van der Waals surface area contributed by atoms with Crippen molar-refractivity contribution in [3.05, 3.63) is 77.6 Å². The second-order valence-electron chi connectivity index (χ2n) is 7.68. The summed E-state index contributed by atoms with van der Waals surface area (Å²) in [5, 5.41) is 4.43. The molecule has 5 nitrogen and oxygen atoms in total. The molecule has 1 fully saturated rings. The van der Waals surface area contributed by atoms with E-state index in [2.05, 4.69) is 46.1 Å². The van der Waals surface area contributed by atoms with Crippen molar-refractivity contribution in [1.29, 1.82) is 0 Å². The molecule has 0 N–H and O–H groups in total. The average Bonchev–Trinajstić information content (AvgIpc) is 3.15.